The van der Waals surface area contributed by atoms with Crippen LogP contribution in [0, 0.1) is 0 Å². The summed E-state index contributed by atoms with van der Waals surface area (Å²) in [7, 11) is 0. The van der Waals surface area contributed by atoms with Crippen LogP contribution in [-0.4, -0.2) is 19.9 Å². The number of rotatable bonds is 5. The summed E-state index contributed by atoms with van der Waals surface area (Å²) < 4.78 is 39.4. The van der Waals surface area contributed by atoms with Gasteiger partial charge in [0.15, 0.2) is 0 Å². The molecule has 6 nitrogen and oxygen atoms in total. The lowest BCUT2D eigenvalue weighted by Crippen LogP contribution is -2.12. The van der Waals surface area contributed by atoms with E-state index in [-0.39, 0.29) is 17.1 Å². The number of benzene rings is 1. The van der Waals surface area contributed by atoms with Crippen LogP contribution >= 0.6 is 0 Å². The van der Waals surface area contributed by atoms with Gasteiger partial charge in [0.05, 0.1) is 23.5 Å². The zero-order chi connectivity index (χ0) is 21.3. The molecule has 0 aliphatic carbocycles. The molecule has 0 radical (unpaired) electrons. The molecule has 0 fully saturated rings. The maximum Gasteiger partial charge on any atom is 0.417 e. The van der Waals surface area contributed by atoms with Crippen LogP contribution in [0.1, 0.15) is 30.5 Å². The lowest BCUT2D eigenvalue weighted by Gasteiger charge is -2.18. The van der Waals surface area contributed by atoms with Crippen molar-refractivity contribution in [2.45, 2.75) is 25.6 Å². The van der Waals surface area contributed by atoms with Crippen molar-refractivity contribution < 1.29 is 13.2 Å². The number of nitrogens with one attached hydrogen (secondary N) is 2. The molecule has 4 aromatic rings. The summed E-state index contributed by atoms with van der Waals surface area (Å²) in [6.45, 7) is 2.03. The maximum absolute atomic E-state index is 13.1. The first kappa shape index (κ1) is 19.7. The molecule has 0 saturated heterocycles. The van der Waals surface area contributed by atoms with Gasteiger partial charge in [-0.25, -0.2) is 15.0 Å². The highest BCUT2D eigenvalue weighted by Crippen LogP contribution is 2.35. The number of halogens is 3. The molecule has 4 rings (SSSR count). The Labute approximate surface area is 170 Å². The Hall–Kier alpha value is -3.62. The summed E-state index contributed by atoms with van der Waals surface area (Å²) in [5.74, 6) is 0.337. The van der Waals surface area contributed by atoms with Crippen molar-refractivity contribution in [3.8, 4) is 11.3 Å². The summed E-state index contributed by atoms with van der Waals surface area (Å²) in [5.41, 5.74) is 7.64. The average Bonchev–Trinajstić information content (AvgIpc) is 3.16. The van der Waals surface area contributed by atoms with E-state index in [0.717, 1.165) is 24.2 Å². The molecule has 0 aliphatic heterocycles. The van der Waals surface area contributed by atoms with Crippen LogP contribution in [0.5, 0.6) is 0 Å². The van der Waals surface area contributed by atoms with Gasteiger partial charge in [-0.15, -0.1) is 0 Å². The molecular formula is C21H19F3N6. The predicted molar refractivity (Wildman–Crippen MR) is 110 cm³/mol. The van der Waals surface area contributed by atoms with Gasteiger partial charge in [0.1, 0.15) is 11.3 Å². The van der Waals surface area contributed by atoms with Crippen LogP contribution in [0.2, 0.25) is 0 Å². The number of anilines is 2. The number of nitrogen functional groups attached to an aromatic ring is 1. The molecule has 0 saturated carbocycles. The quantitative estimate of drug-likeness (QED) is 0.420. The van der Waals surface area contributed by atoms with Gasteiger partial charge in [0.25, 0.3) is 0 Å². The molecule has 3 aromatic heterocycles. The Morgan fingerprint density at radius 2 is 1.90 bits per heavy atom. The molecule has 4 N–H and O–H groups in total. The summed E-state index contributed by atoms with van der Waals surface area (Å²) in [5, 5.41) is 3.56. The van der Waals surface area contributed by atoms with Gasteiger partial charge in [-0.3, -0.25) is 0 Å². The first-order valence-corrected chi connectivity index (χ1v) is 9.35. The maximum atomic E-state index is 13.1. The average molecular weight is 412 g/mol. The molecule has 0 bridgehead atoms. The van der Waals surface area contributed by atoms with Gasteiger partial charge < -0.3 is 16.0 Å². The number of pyridine rings is 1. The number of alkyl halides is 3. The van der Waals surface area contributed by atoms with E-state index in [2.05, 4.69) is 25.3 Å². The van der Waals surface area contributed by atoms with Crippen molar-refractivity contribution in [3.05, 3.63) is 66.1 Å². The zero-order valence-corrected chi connectivity index (χ0v) is 16.0. The number of aromatic amines is 1. The topological polar surface area (TPSA) is 92.5 Å². The van der Waals surface area contributed by atoms with Crippen molar-refractivity contribution in [2.75, 3.05) is 11.1 Å². The van der Waals surface area contributed by atoms with Crippen molar-refractivity contribution in [1.29, 1.82) is 0 Å². The standard InChI is InChI=1S/C21H19F3N6/c1-2-17(12-6-4-3-5-7-12)29-20-28-11-16(25)18(30-20)15-10-27-19-14(15)8-13(9-26-19)21(22,23)24/h3-11,17H,2,25H2,1H3,(H,26,27)(H,28,29,30). The fourth-order valence-electron chi connectivity index (χ4n) is 3.29. The summed E-state index contributed by atoms with van der Waals surface area (Å²) >= 11 is 0. The second-order valence-electron chi connectivity index (χ2n) is 6.83. The molecule has 1 unspecified atom stereocenters. The molecule has 3 heterocycles. The van der Waals surface area contributed by atoms with Crippen LogP contribution in [0.25, 0.3) is 22.3 Å². The number of nitrogens with two attached hydrogens (primary N) is 1. The molecule has 154 valence electrons. The lowest BCUT2D eigenvalue weighted by molar-refractivity contribution is -0.137. The fraction of sp³-hybridized carbons (Fsp3) is 0.190. The first-order valence-electron chi connectivity index (χ1n) is 9.35. The largest absolute Gasteiger partial charge is 0.417 e. The van der Waals surface area contributed by atoms with Crippen molar-refractivity contribution in [2.24, 2.45) is 0 Å². The predicted octanol–water partition coefficient (Wildman–Crippen LogP) is 5.18. The van der Waals surface area contributed by atoms with Gasteiger partial charge in [0.2, 0.25) is 5.95 Å². The van der Waals surface area contributed by atoms with Gasteiger partial charge in [-0.2, -0.15) is 13.2 Å². The highest BCUT2D eigenvalue weighted by atomic mass is 19.4. The number of hydrogen-bond acceptors (Lipinski definition) is 5. The van der Waals surface area contributed by atoms with Gasteiger partial charge in [-0.05, 0) is 18.1 Å². The third kappa shape index (κ3) is 3.78. The van der Waals surface area contributed by atoms with Crippen molar-refractivity contribution in [3.63, 3.8) is 0 Å². The van der Waals surface area contributed by atoms with E-state index < -0.39 is 11.7 Å². The van der Waals surface area contributed by atoms with E-state index in [4.69, 9.17) is 5.73 Å². The number of H-pyrrole nitrogens is 1. The van der Waals surface area contributed by atoms with Crippen molar-refractivity contribution in [1.82, 2.24) is 19.9 Å². The van der Waals surface area contributed by atoms with Crippen molar-refractivity contribution >= 4 is 22.7 Å². The van der Waals surface area contributed by atoms with Gasteiger partial charge in [0, 0.05) is 23.3 Å². The van der Waals surface area contributed by atoms with Gasteiger partial charge >= 0.3 is 6.18 Å². The summed E-state index contributed by atoms with van der Waals surface area (Å²) in [6.07, 6.45) is 0.0877. The first-order chi connectivity index (χ1) is 14.4. The molecule has 0 aliphatic rings. The van der Waals surface area contributed by atoms with E-state index in [1.807, 2.05) is 37.3 Å². The molecular weight excluding hydrogens is 393 g/mol. The number of fused-ring (bicyclic) bond motifs is 1. The highest BCUT2D eigenvalue weighted by Gasteiger charge is 2.31. The monoisotopic (exact) mass is 412 g/mol. The Bertz CT molecular complexity index is 1170. The Morgan fingerprint density at radius 1 is 1.13 bits per heavy atom. The van der Waals surface area contributed by atoms with E-state index >= 15 is 0 Å². The SMILES string of the molecule is CCC(Nc1ncc(N)c(-c2c[nH]c3ncc(C(F)(F)F)cc23)n1)c1ccccc1. The minimum Gasteiger partial charge on any atom is -0.396 e. The van der Waals surface area contributed by atoms with E-state index in [1.54, 1.807) is 6.20 Å². The normalized spacial score (nSPS) is 12.8. The van der Waals surface area contributed by atoms with Crippen LogP contribution in [0.3, 0.4) is 0 Å². The fourth-order valence-corrected chi connectivity index (χ4v) is 3.29. The zero-order valence-electron chi connectivity index (χ0n) is 16.0. The molecule has 0 amide bonds. The van der Waals surface area contributed by atoms with E-state index in [0.29, 0.717) is 22.9 Å². The molecule has 1 aromatic carbocycles. The van der Waals surface area contributed by atoms with Crippen LogP contribution in [0.4, 0.5) is 24.8 Å². The van der Waals surface area contributed by atoms with Gasteiger partial charge in [-0.1, -0.05) is 37.3 Å². The van der Waals surface area contributed by atoms with E-state index in [9.17, 15) is 13.2 Å². The third-order valence-electron chi connectivity index (χ3n) is 4.84. The summed E-state index contributed by atoms with van der Waals surface area (Å²) in [4.78, 5) is 15.5. The Balaban J connectivity index is 1.74. The van der Waals surface area contributed by atoms with Crippen LogP contribution < -0.4 is 11.1 Å². The molecule has 9 heteroatoms. The minimum absolute atomic E-state index is 0.0239. The third-order valence-corrected chi connectivity index (χ3v) is 4.84. The van der Waals surface area contributed by atoms with Crippen LogP contribution in [-0.2, 0) is 6.18 Å². The Kier molecular flexibility index (Phi) is 5.03. The molecule has 1 atom stereocenters. The molecule has 30 heavy (non-hydrogen) atoms. The number of hydrogen-bond donors (Lipinski definition) is 3. The summed E-state index contributed by atoms with van der Waals surface area (Å²) in [6, 6.07) is 10.9. The second kappa shape index (κ2) is 7.66. The second-order valence-corrected chi connectivity index (χ2v) is 6.83. The smallest absolute Gasteiger partial charge is 0.396 e. The van der Waals surface area contributed by atoms with E-state index in [1.165, 1.54) is 6.20 Å². The Morgan fingerprint density at radius 3 is 2.60 bits per heavy atom. The lowest BCUT2D eigenvalue weighted by atomic mass is 10.1. The minimum atomic E-state index is -4.50. The number of nitrogens with zero attached hydrogens (tertiary/aromatic N) is 3. The molecule has 0 spiro atoms. The highest BCUT2D eigenvalue weighted by molar-refractivity contribution is 5.95. The number of aromatic nitrogens is 4. The van der Waals surface area contributed by atoms with Crippen LogP contribution in [0.15, 0.2) is 55.0 Å².